The van der Waals surface area contributed by atoms with Gasteiger partial charge in [-0.15, -0.1) is 5.10 Å². The number of aromatic amines is 1. The Labute approximate surface area is 168 Å². The van der Waals surface area contributed by atoms with E-state index < -0.39 is 0 Å². The molecule has 0 unspecified atom stereocenters. The summed E-state index contributed by atoms with van der Waals surface area (Å²) in [6.07, 6.45) is 8.50. The molecule has 9 heteroatoms. The van der Waals surface area contributed by atoms with E-state index >= 15 is 0 Å². The second kappa shape index (κ2) is 7.86. The minimum absolute atomic E-state index is 0.0921. The van der Waals surface area contributed by atoms with Gasteiger partial charge in [0, 0.05) is 46.0 Å². The van der Waals surface area contributed by atoms with Crippen molar-refractivity contribution in [3.05, 3.63) is 48.1 Å². The molecule has 4 rings (SSSR count). The summed E-state index contributed by atoms with van der Waals surface area (Å²) >= 11 is 0. The van der Waals surface area contributed by atoms with E-state index in [1.54, 1.807) is 43.4 Å². The van der Waals surface area contributed by atoms with E-state index in [1.807, 2.05) is 11.0 Å². The molecule has 2 amide bonds. The van der Waals surface area contributed by atoms with Gasteiger partial charge in [-0.25, -0.2) is 0 Å². The zero-order valence-electron chi connectivity index (χ0n) is 16.5. The van der Waals surface area contributed by atoms with Crippen molar-refractivity contribution >= 4 is 28.4 Å². The van der Waals surface area contributed by atoms with E-state index in [9.17, 15) is 9.59 Å². The van der Waals surface area contributed by atoms with Gasteiger partial charge < -0.3 is 14.8 Å². The average Bonchev–Trinajstić information content (AvgIpc) is 3.40. The summed E-state index contributed by atoms with van der Waals surface area (Å²) in [5.74, 6) is 0.00413. The van der Waals surface area contributed by atoms with Crippen molar-refractivity contribution in [1.29, 1.82) is 0 Å². The number of H-pyrrole nitrogens is 1. The number of fused-ring (bicyclic) bond motifs is 1. The highest BCUT2D eigenvalue weighted by molar-refractivity contribution is 5.97. The molecule has 0 radical (unpaired) electrons. The first kappa shape index (κ1) is 18.9. The maximum absolute atomic E-state index is 12.6. The first-order valence-corrected chi connectivity index (χ1v) is 9.53. The second-order valence-corrected chi connectivity index (χ2v) is 7.29. The molecule has 0 aromatic carbocycles. The van der Waals surface area contributed by atoms with Gasteiger partial charge in [-0.2, -0.15) is 0 Å². The topological polar surface area (TPSA) is 100 Å². The molecule has 0 bridgehead atoms. The Morgan fingerprint density at radius 3 is 2.90 bits per heavy atom. The van der Waals surface area contributed by atoms with Crippen LogP contribution in [0.15, 0.2) is 36.8 Å². The zero-order chi connectivity index (χ0) is 20.4. The molecule has 3 aromatic heterocycles. The van der Waals surface area contributed by atoms with Crippen molar-refractivity contribution in [3.63, 3.8) is 0 Å². The van der Waals surface area contributed by atoms with Gasteiger partial charge in [0.25, 0.3) is 5.91 Å². The van der Waals surface area contributed by atoms with E-state index in [4.69, 9.17) is 0 Å². The zero-order valence-corrected chi connectivity index (χ0v) is 16.5. The molecular formula is C20H23N7O2. The molecule has 1 N–H and O–H groups in total. The van der Waals surface area contributed by atoms with Crippen LogP contribution < -0.4 is 0 Å². The number of carbonyl (C=O) groups is 2. The highest BCUT2D eigenvalue weighted by atomic mass is 16.2. The highest BCUT2D eigenvalue weighted by Gasteiger charge is 2.20. The van der Waals surface area contributed by atoms with Crippen LogP contribution >= 0.6 is 0 Å². The van der Waals surface area contributed by atoms with Gasteiger partial charge in [0.1, 0.15) is 5.69 Å². The van der Waals surface area contributed by atoms with Gasteiger partial charge in [0.15, 0.2) is 0 Å². The number of hydrogen-bond donors (Lipinski definition) is 1. The summed E-state index contributed by atoms with van der Waals surface area (Å²) in [6.45, 7) is 1.78. The van der Waals surface area contributed by atoms with E-state index in [1.165, 1.54) is 4.90 Å². The maximum atomic E-state index is 12.6. The lowest BCUT2D eigenvalue weighted by Gasteiger charge is -2.27. The fourth-order valence-corrected chi connectivity index (χ4v) is 3.43. The van der Waals surface area contributed by atoms with Crippen LogP contribution in [0.4, 0.5) is 0 Å². The Morgan fingerprint density at radius 2 is 2.14 bits per heavy atom. The van der Waals surface area contributed by atoms with Gasteiger partial charge in [0.2, 0.25) is 5.91 Å². The monoisotopic (exact) mass is 393 g/mol. The van der Waals surface area contributed by atoms with E-state index in [0.717, 1.165) is 28.6 Å². The van der Waals surface area contributed by atoms with Crippen LogP contribution in [0.3, 0.4) is 0 Å². The minimum Gasteiger partial charge on any atom is -0.349 e. The number of amides is 2. The summed E-state index contributed by atoms with van der Waals surface area (Å²) < 4.78 is 1.66. The second-order valence-electron chi connectivity index (χ2n) is 7.29. The van der Waals surface area contributed by atoms with Gasteiger partial charge in [-0.3, -0.25) is 19.3 Å². The third-order valence-electron chi connectivity index (χ3n) is 5.01. The molecule has 0 saturated carbocycles. The van der Waals surface area contributed by atoms with Crippen LogP contribution in [0.1, 0.15) is 28.9 Å². The van der Waals surface area contributed by atoms with Crippen LogP contribution in [0, 0.1) is 0 Å². The minimum atomic E-state index is -0.0921. The molecule has 150 valence electrons. The fraction of sp³-hybridized carbons (Fsp3) is 0.350. The van der Waals surface area contributed by atoms with Crippen LogP contribution in [0.5, 0.6) is 0 Å². The number of hydrogen-bond acceptors (Lipinski definition) is 5. The molecule has 0 fully saturated rings. The Balaban J connectivity index is 1.47. The summed E-state index contributed by atoms with van der Waals surface area (Å²) in [5, 5.41) is 7.65. The van der Waals surface area contributed by atoms with Gasteiger partial charge >= 0.3 is 0 Å². The van der Waals surface area contributed by atoms with Crippen LogP contribution in [0.2, 0.25) is 0 Å². The molecule has 0 spiro atoms. The third-order valence-corrected chi connectivity index (χ3v) is 5.01. The summed E-state index contributed by atoms with van der Waals surface area (Å²) in [7, 11) is 3.43. The lowest BCUT2D eigenvalue weighted by atomic mass is 10.0. The van der Waals surface area contributed by atoms with E-state index in [2.05, 4.69) is 26.4 Å². The molecule has 29 heavy (non-hydrogen) atoms. The predicted octanol–water partition coefficient (Wildman–Crippen LogP) is 1.56. The van der Waals surface area contributed by atoms with Crippen molar-refractivity contribution in [1.82, 2.24) is 34.8 Å². The fourth-order valence-electron chi connectivity index (χ4n) is 3.43. The smallest absolute Gasteiger partial charge is 0.269 e. The number of nitrogens with zero attached hydrogens (tertiary/aromatic N) is 6. The maximum Gasteiger partial charge on any atom is 0.269 e. The number of aromatic nitrogens is 5. The number of pyridine rings is 1. The quantitative estimate of drug-likeness (QED) is 0.709. The first-order chi connectivity index (χ1) is 14.0. The average molecular weight is 393 g/mol. The molecule has 1 aliphatic rings. The molecule has 3 aromatic rings. The lowest BCUT2D eigenvalue weighted by molar-refractivity contribution is -0.131. The molecule has 0 atom stereocenters. The normalized spacial score (nSPS) is 14.1. The van der Waals surface area contributed by atoms with E-state index in [0.29, 0.717) is 31.7 Å². The Bertz CT molecular complexity index is 1070. The van der Waals surface area contributed by atoms with Crippen LogP contribution in [-0.2, 0) is 11.3 Å². The highest BCUT2D eigenvalue weighted by Crippen LogP contribution is 2.24. The Kier molecular flexibility index (Phi) is 5.11. The third kappa shape index (κ3) is 4.03. The molecular weight excluding hydrogens is 370 g/mol. The van der Waals surface area contributed by atoms with Crippen molar-refractivity contribution < 1.29 is 9.59 Å². The summed E-state index contributed by atoms with van der Waals surface area (Å²) in [4.78, 5) is 35.8. The first-order valence-electron chi connectivity index (χ1n) is 9.53. The number of rotatable bonds is 5. The Morgan fingerprint density at radius 1 is 1.28 bits per heavy atom. The number of aryl methyl sites for hydroxylation is 1. The largest absolute Gasteiger partial charge is 0.349 e. The molecule has 0 saturated heterocycles. The predicted molar refractivity (Wildman–Crippen MR) is 108 cm³/mol. The number of nitrogens with one attached hydrogen (secondary N) is 1. The molecule has 9 nitrogen and oxygen atoms in total. The standard InChI is InChI=1S/C20H23N7O2/c1-25(2)20(29)18-11-16-17(23-18)10-15(12-21-16)14-4-3-7-26(13-14)19(28)5-8-27-9-6-22-24-27/h4,6,9-12,23H,3,5,7-8,13H2,1-2H3. The molecule has 4 heterocycles. The van der Waals surface area contributed by atoms with Gasteiger partial charge in [0.05, 0.1) is 23.8 Å². The molecule has 0 aliphatic carbocycles. The van der Waals surface area contributed by atoms with Gasteiger partial charge in [-0.1, -0.05) is 11.3 Å². The van der Waals surface area contributed by atoms with Crippen molar-refractivity contribution in [2.45, 2.75) is 19.4 Å². The van der Waals surface area contributed by atoms with E-state index in [-0.39, 0.29) is 11.8 Å². The van der Waals surface area contributed by atoms with Crippen LogP contribution in [0.25, 0.3) is 16.6 Å². The summed E-state index contributed by atoms with van der Waals surface area (Å²) in [5.41, 5.74) is 4.09. The van der Waals surface area contributed by atoms with Crippen LogP contribution in [-0.4, -0.2) is 73.8 Å². The van der Waals surface area contributed by atoms with Crippen molar-refractivity contribution in [2.75, 3.05) is 27.2 Å². The summed E-state index contributed by atoms with van der Waals surface area (Å²) in [6, 6.07) is 3.75. The molecule has 1 aliphatic heterocycles. The van der Waals surface area contributed by atoms with Crippen molar-refractivity contribution in [2.24, 2.45) is 0 Å². The number of carbonyl (C=O) groups excluding carboxylic acids is 2. The Hall–Kier alpha value is -3.49. The van der Waals surface area contributed by atoms with Gasteiger partial charge in [-0.05, 0) is 29.7 Å². The van der Waals surface area contributed by atoms with Crippen molar-refractivity contribution in [3.8, 4) is 0 Å². The SMILES string of the molecule is CN(C)C(=O)c1cc2ncc(C3=CCCN(C(=O)CCn4ccnn4)C3)cc2[nH]1. The lowest BCUT2D eigenvalue weighted by Crippen LogP contribution is -2.36.